The molecule has 0 radical (unpaired) electrons. The zero-order valence-corrected chi connectivity index (χ0v) is 31.7. The molecule has 274 valence electrons. The Hall–Kier alpha value is -7.26. The molecule has 0 bridgehead atoms. The third-order valence-corrected chi connectivity index (χ3v) is 10.1. The molecule has 0 aliphatic heterocycles. The van der Waals surface area contributed by atoms with E-state index in [1.165, 1.54) is 33.4 Å². The SMILES string of the molecule is OCc1ccc(N(c2ccc(C=CC=C(c3ccccc3)c3ccccc3)cc2)c2ccc(C=CC=C(c3ccccc3)c3ccccc3)c3ccccc23)cc1. The fourth-order valence-electron chi connectivity index (χ4n) is 7.25. The maximum Gasteiger partial charge on any atom is 0.0681 e. The molecule has 0 aromatic heterocycles. The van der Waals surface area contributed by atoms with E-state index in [-0.39, 0.29) is 6.61 Å². The summed E-state index contributed by atoms with van der Waals surface area (Å²) in [5.74, 6) is 0. The summed E-state index contributed by atoms with van der Waals surface area (Å²) in [4.78, 5) is 2.30. The van der Waals surface area contributed by atoms with Crippen LogP contribution in [-0.2, 0) is 6.61 Å². The molecule has 0 amide bonds. The Balaban J connectivity index is 1.14. The summed E-state index contributed by atoms with van der Waals surface area (Å²) < 4.78 is 0. The van der Waals surface area contributed by atoms with Gasteiger partial charge in [0.15, 0.2) is 0 Å². The standard InChI is InChI=1S/C55H43NO/c57-41-43-33-38-50(39-34-43)56(49-36-31-42(32-37-49)17-15-29-51(44-18-5-1-6-19-44)45-20-7-2-8-21-45)55-40-35-48(53-27-13-14-28-54(53)55)26-16-30-52(46-22-9-3-10-23-46)47-24-11-4-12-25-47/h1-40,57H,41H2. The Morgan fingerprint density at radius 3 is 1.30 bits per heavy atom. The molecule has 0 saturated carbocycles. The van der Waals surface area contributed by atoms with Crippen LogP contribution in [0.2, 0.25) is 0 Å². The van der Waals surface area contributed by atoms with Crippen molar-refractivity contribution in [2.45, 2.75) is 6.61 Å². The molecule has 0 fully saturated rings. The molecule has 0 spiro atoms. The van der Waals surface area contributed by atoms with E-state index >= 15 is 0 Å². The number of fused-ring (bicyclic) bond motifs is 1. The highest BCUT2D eigenvalue weighted by atomic mass is 16.3. The average molecular weight is 734 g/mol. The minimum absolute atomic E-state index is 0.000679. The zero-order valence-electron chi connectivity index (χ0n) is 31.7. The van der Waals surface area contributed by atoms with Gasteiger partial charge in [-0.3, -0.25) is 0 Å². The van der Waals surface area contributed by atoms with E-state index in [1.807, 2.05) is 12.1 Å². The number of allylic oxidation sites excluding steroid dienone is 4. The molecule has 0 atom stereocenters. The first-order valence-corrected chi connectivity index (χ1v) is 19.4. The van der Waals surface area contributed by atoms with Crippen molar-refractivity contribution in [2.24, 2.45) is 0 Å². The first kappa shape index (κ1) is 36.7. The Morgan fingerprint density at radius 2 is 0.825 bits per heavy atom. The summed E-state index contributed by atoms with van der Waals surface area (Å²) in [5.41, 5.74) is 13.3. The van der Waals surface area contributed by atoms with E-state index in [0.29, 0.717) is 0 Å². The lowest BCUT2D eigenvalue weighted by Gasteiger charge is -2.27. The van der Waals surface area contributed by atoms with Crippen molar-refractivity contribution < 1.29 is 5.11 Å². The smallest absolute Gasteiger partial charge is 0.0681 e. The normalized spacial score (nSPS) is 11.2. The largest absolute Gasteiger partial charge is 0.392 e. The predicted molar refractivity (Wildman–Crippen MR) is 243 cm³/mol. The summed E-state index contributed by atoms with van der Waals surface area (Å²) >= 11 is 0. The zero-order chi connectivity index (χ0) is 38.7. The molecule has 0 aliphatic carbocycles. The van der Waals surface area contributed by atoms with Gasteiger partial charge in [-0.05, 0) is 85.8 Å². The first-order chi connectivity index (χ1) is 28.2. The average Bonchev–Trinajstić information content (AvgIpc) is 3.29. The lowest BCUT2D eigenvalue weighted by Crippen LogP contribution is -2.10. The second kappa shape index (κ2) is 17.9. The number of hydrogen-bond acceptors (Lipinski definition) is 2. The van der Waals surface area contributed by atoms with Gasteiger partial charge in [-0.2, -0.15) is 0 Å². The van der Waals surface area contributed by atoms with E-state index in [4.69, 9.17) is 0 Å². The maximum atomic E-state index is 9.84. The van der Waals surface area contributed by atoms with Crippen LogP contribution in [0.15, 0.2) is 231 Å². The number of nitrogens with zero attached hydrogens (tertiary/aromatic N) is 1. The third kappa shape index (κ3) is 8.68. The Morgan fingerprint density at radius 1 is 0.404 bits per heavy atom. The minimum atomic E-state index is 0.000679. The summed E-state index contributed by atoms with van der Waals surface area (Å²) in [7, 11) is 0. The van der Waals surface area contributed by atoms with E-state index in [9.17, 15) is 5.11 Å². The van der Waals surface area contributed by atoms with Gasteiger partial charge < -0.3 is 10.0 Å². The molecule has 2 nitrogen and oxygen atoms in total. The fraction of sp³-hybridized carbons (Fsp3) is 0.0182. The van der Waals surface area contributed by atoms with Crippen LogP contribution in [0.3, 0.4) is 0 Å². The van der Waals surface area contributed by atoms with Gasteiger partial charge in [-0.15, -0.1) is 0 Å². The molecule has 0 heterocycles. The molecular formula is C55H43NO. The summed E-state index contributed by atoms with van der Waals surface area (Å²) in [6.07, 6.45) is 13.0. The molecule has 0 unspecified atom stereocenters. The quantitative estimate of drug-likeness (QED) is 0.126. The Bertz CT molecular complexity index is 2570. The van der Waals surface area contributed by atoms with E-state index < -0.39 is 0 Å². The number of rotatable bonds is 12. The van der Waals surface area contributed by atoms with E-state index in [2.05, 4.69) is 235 Å². The van der Waals surface area contributed by atoms with Gasteiger partial charge in [0.05, 0.1) is 12.3 Å². The van der Waals surface area contributed by atoms with Gasteiger partial charge in [0, 0.05) is 16.8 Å². The van der Waals surface area contributed by atoms with Crippen LogP contribution in [0.25, 0.3) is 34.1 Å². The van der Waals surface area contributed by atoms with Crippen molar-refractivity contribution in [2.75, 3.05) is 4.90 Å². The topological polar surface area (TPSA) is 23.5 Å². The van der Waals surface area contributed by atoms with Crippen molar-refractivity contribution in [1.29, 1.82) is 0 Å². The number of aliphatic hydroxyl groups is 1. The van der Waals surface area contributed by atoms with Gasteiger partial charge >= 0.3 is 0 Å². The first-order valence-electron chi connectivity index (χ1n) is 19.4. The van der Waals surface area contributed by atoms with E-state index in [1.54, 1.807) is 0 Å². The van der Waals surface area contributed by atoms with Crippen LogP contribution in [0, 0.1) is 0 Å². The molecular weight excluding hydrogens is 691 g/mol. The monoisotopic (exact) mass is 733 g/mol. The molecule has 2 heteroatoms. The van der Waals surface area contributed by atoms with E-state index in [0.717, 1.165) is 44.5 Å². The van der Waals surface area contributed by atoms with Gasteiger partial charge in [-0.25, -0.2) is 0 Å². The molecule has 57 heavy (non-hydrogen) atoms. The van der Waals surface area contributed by atoms with Crippen molar-refractivity contribution in [3.63, 3.8) is 0 Å². The van der Waals surface area contributed by atoms with Crippen LogP contribution in [0.1, 0.15) is 38.9 Å². The van der Waals surface area contributed by atoms with Gasteiger partial charge in [0.1, 0.15) is 0 Å². The summed E-state index contributed by atoms with van der Waals surface area (Å²) in [6.45, 7) is 0.000679. The minimum Gasteiger partial charge on any atom is -0.392 e. The van der Waals surface area contributed by atoms with Gasteiger partial charge in [0.25, 0.3) is 0 Å². The second-order valence-electron chi connectivity index (χ2n) is 13.8. The fourth-order valence-corrected chi connectivity index (χ4v) is 7.25. The van der Waals surface area contributed by atoms with Gasteiger partial charge in [-0.1, -0.05) is 212 Å². The molecule has 0 saturated heterocycles. The van der Waals surface area contributed by atoms with Gasteiger partial charge in [0.2, 0.25) is 0 Å². The van der Waals surface area contributed by atoms with Crippen molar-refractivity contribution in [3.8, 4) is 0 Å². The number of benzene rings is 8. The third-order valence-electron chi connectivity index (χ3n) is 10.1. The predicted octanol–water partition coefficient (Wildman–Crippen LogP) is 14.1. The van der Waals surface area contributed by atoms with Crippen LogP contribution in [0.4, 0.5) is 17.1 Å². The number of hydrogen-bond donors (Lipinski definition) is 1. The highest BCUT2D eigenvalue weighted by molar-refractivity contribution is 6.03. The Labute approximate surface area is 336 Å². The molecule has 0 aliphatic rings. The molecule has 8 aromatic carbocycles. The van der Waals surface area contributed by atoms with Crippen molar-refractivity contribution in [1.82, 2.24) is 0 Å². The number of anilines is 3. The second-order valence-corrected chi connectivity index (χ2v) is 13.8. The lowest BCUT2D eigenvalue weighted by atomic mass is 9.97. The summed E-state index contributed by atoms with van der Waals surface area (Å²) in [6, 6.07) is 72.0. The van der Waals surface area contributed by atoms with Crippen LogP contribution in [-0.4, -0.2) is 5.11 Å². The number of aliphatic hydroxyl groups excluding tert-OH is 1. The summed E-state index contributed by atoms with van der Waals surface area (Å²) in [5, 5.41) is 12.1. The molecule has 8 aromatic rings. The molecule has 8 rings (SSSR count). The Kier molecular flexibility index (Phi) is 11.5. The van der Waals surface area contributed by atoms with Crippen molar-refractivity contribution in [3.05, 3.63) is 270 Å². The lowest BCUT2D eigenvalue weighted by molar-refractivity contribution is 0.282. The van der Waals surface area contributed by atoms with Crippen molar-refractivity contribution >= 4 is 51.1 Å². The van der Waals surface area contributed by atoms with Crippen LogP contribution >= 0.6 is 0 Å². The molecule has 1 N–H and O–H groups in total. The van der Waals surface area contributed by atoms with Crippen LogP contribution < -0.4 is 4.90 Å². The van der Waals surface area contributed by atoms with Crippen LogP contribution in [0.5, 0.6) is 0 Å². The highest BCUT2D eigenvalue weighted by Crippen LogP contribution is 2.40. The highest BCUT2D eigenvalue weighted by Gasteiger charge is 2.16. The maximum absolute atomic E-state index is 9.84.